The molecule has 0 saturated carbocycles. The molecule has 1 N–H and O–H groups in total. The van der Waals surface area contributed by atoms with E-state index in [2.05, 4.69) is 31.0 Å². The maximum Gasteiger partial charge on any atom is 0.0655 e. The van der Waals surface area contributed by atoms with Gasteiger partial charge in [0, 0.05) is 25.2 Å². The van der Waals surface area contributed by atoms with Crippen LogP contribution in [-0.4, -0.2) is 25.2 Å². The molecule has 21 heavy (non-hydrogen) atoms. The predicted molar refractivity (Wildman–Crippen MR) is 94.1 cm³/mol. The molecular formula is C16H23Cl3N2. The monoisotopic (exact) mass is 348 g/mol. The highest BCUT2D eigenvalue weighted by molar-refractivity contribution is 6.44. The highest BCUT2D eigenvalue weighted by Crippen LogP contribution is 2.37. The molecule has 2 nitrogen and oxygen atoms in total. The highest BCUT2D eigenvalue weighted by atomic mass is 35.5. The molecule has 0 amide bonds. The van der Waals surface area contributed by atoms with Gasteiger partial charge in [0.25, 0.3) is 0 Å². The van der Waals surface area contributed by atoms with Crippen molar-refractivity contribution in [1.29, 1.82) is 0 Å². The summed E-state index contributed by atoms with van der Waals surface area (Å²) >= 11 is 18.7. The average molecular weight is 350 g/mol. The first-order chi connectivity index (χ1) is 9.93. The third-order valence-corrected chi connectivity index (χ3v) is 5.16. The van der Waals surface area contributed by atoms with E-state index in [1.807, 2.05) is 6.07 Å². The number of hydrogen-bond donors (Lipinski definition) is 1. The molecule has 1 fully saturated rings. The Morgan fingerprint density at radius 3 is 2.48 bits per heavy atom. The number of nitrogens with zero attached hydrogens (tertiary/aromatic N) is 1. The Morgan fingerprint density at radius 1 is 1.19 bits per heavy atom. The van der Waals surface area contributed by atoms with Crippen LogP contribution in [0.4, 0.5) is 5.69 Å². The fourth-order valence-electron chi connectivity index (χ4n) is 2.98. The normalized spacial score (nSPS) is 22.9. The maximum atomic E-state index is 6.42. The second-order valence-electron chi connectivity index (χ2n) is 6.08. The van der Waals surface area contributed by atoms with E-state index in [4.69, 9.17) is 34.8 Å². The van der Waals surface area contributed by atoms with Crippen LogP contribution in [0.3, 0.4) is 0 Å². The molecule has 0 spiro atoms. The van der Waals surface area contributed by atoms with Gasteiger partial charge in [0.1, 0.15) is 0 Å². The molecule has 1 aromatic carbocycles. The van der Waals surface area contributed by atoms with Crippen LogP contribution in [0, 0.1) is 5.92 Å². The summed E-state index contributed by atoms with van der Waals surface area (Å²) in [7, 11) is 0. The second kappa shape index (κ2) is 7.41. The standard InChI is InChI=1S/C16H23Cl3N2/c1-4-5-11-9-21(16(8-20-11)10(2)3)15-7-13(18)12(17)6-14(15)19/h6-7,10-11,16,20H,4-5,8-9H2,1-3H3. The van der Waals surface area contributed by atoms with Gasteiger partial charge >= 0.3 is 0 Å². The minimum Gasteiger partial charge on any atom is -0.364 e. The summed E-state index contributed by atoms with van der Waals surface area (Å²) in [6, 6.07) is 4.55. The minimum atomic E-state index is 0.410. The Labute approximate surface area is 142 Å². The first kappa shape index (κ1) is 17.2. The zero-order valence-electron chi connectivity index (χ0n) is 12.8. The Balaban J connectivity index is 2.33. The SMILES string of the molecule is CCCC1CN(c2cc(Cl)c(Cl)cc2Cl)C(C(C)C)CN1. The number of hydrogen-bond acceptors (Lipinski definition) is 2. The predicted octanol–water partition coefficient (Wildman–Crippen LogP) is 5.25. The van der Waals surface area contributed by atoms with Crippen molar-refractivity contribution >= 4 is 40.5 Å². The lowest BCUT2D eigenvalue weighted by Gasteiger charge is -2.44. The van der Waals surface area contributed by atoms with Crippen molar-refractivity contribution in [2.24, 2.45) is 5.92 Å². The van der Waals surface area contributed by atoms with E-state index in [0.717, 1.165) is 18.8 Å². The number of halogens is 3. The first-order valence-electron chi connectivity index (χ1n) is 7.58. The molecule has 0 aliphatic carbocycles. The highest BCUT2D eigenvalue weighted by Gasteiger charge is 2.31. The van der Waals surface area contributed by atoms with Crippen LogP contribution in [0.2, 0.25) is 15.1 Å². The summed E-state index contributed by atoms with van der Waals surface area (Å²) in [6.07, 6.45) is 2.34. The minimum absolute atomic E-state index is 0.410. The summed E-state index contributed by atoms with van der Waals surface area (Å²) in [5.41, 5.74) is 0.993. The largest absolute Gasteiger partial charge is 0.364 e. The summed E-state index contributed by atoms with van der Waals surface area (Å²) in [6.45, 7) is 8.62. The Bertz CT molecular complexity index is 491. The van der Waals surface area contributed by atoms with Gasteiger partial charge in [-0.1, -0.05) is 62.0 Å². The van der Waals surface area contributed by atoms with E-state index in [0.29, 0.717) is 33.1 Å². The lowest BCUT2D eigenvalue weighted by molar-refractivity contribution is 0.327. The Kier molecular flexibility index (Phi) is 6.07. The van der Waals surface area contributed by atoms with Crippen LogP contribution in [0.15, 0.2) is 12.1 Å². The number of nitrogens with one attached hydrogen (secondary N) is 1. The van der Waals surface area contributed by atoms with Crippen molar-refractivity contribution in [1.82, 2.24) is 5.32 Å². The molecule has 2 atom stereocenters. The van der Waals surface area contributed by atoms with E-state index in [-0.39, 0.29) is 0 Å². The van der Waals surface area contributed by atoms with E-state index in [1.54, 1.807) is 6.07 Å². The van der Waals surface area contributed by atoms with Crippen LogP contribution in [0.25, 0.3) is 0 Å². The molecule has 1 aliphatic rings. The Hall–Kier alpha value is -0.150. The average Bonchev–Trinajstić information content (AvgIpc) is 2.43. The maximum absolute atomic E-state index is 6.42. The van der Waals surface area contributed by atoms with E-state index in [1.165, 1.54) is 12.8 Å². The van der Waals surface area contributed by atoms with Gasteiger partial charge in [-0.3, -0.25) is 0 Å². The summed E-state index contributed by atoms with van der Waals surface area (Å²) < 4.78 is 0. The molecule has 0 bridgehead atoms. The van der Waals surface area contributed by atoms with Gasteiger partial charge < -0.3 is 10.2 Å². The first-order valence-corrected chi connectivity index (χ1v) is 8.72. The number of anilines is 1. The zero-order valence-corrected chi connectivity index (χ0v) is 15.1. The molecular weight excluding hydrogens is 327 g/mol. The zero-order chi connectivity index (χ0) is 15.6. The molecule has 2 rings (SSSR count). The summed E-state index contributed by atoms with van der Waals surface area (Å²) in [5, 5.41) is 5.39. The number of rotatable bonds is 4. The van der Waals surface area contributed by atoms with Crippen molar-refractivity contribution in [3.63, 3.8) is 0 Å². The third kappa shape index (κ3) is 3.98. The fourth-order valence-corrected chi connectivity index (χ4v) is 3.63. The van der Waals surface area contributed by atoms with Crippen LogP contribution < -0.4 is 10.2 Å². The summed E-state index contributed by atoms with van der Waals surface area (Å²) in [5.74, 6) is 0.533. The van der Waals surface area contributed by atoms with Gasteiger partial charge in [-0.25, -0.2) is 0 Å². The van der Waals surface area contributed by atoms with Gasteiger partial charge in [0.2, 0.25) is 0 Å². The smallest absolute Gasteiger partial charge is 0.0655 e. The summed E-state index contributed by atoms with van der Waals surface area (Å²) in [4.78, 5) is 2.39. The van der Waals surface area contributed by atoms with Gasteiger partial charge in [-0.15, -0.1) is 0 Å². The molecule has 2 unspecified atom stereocenters. The number of benzene rings is 1. The van der Waals surface area contributed by atoms with Gasteiger partial charge in [-0.2, -0.15) is 0 Å². The molecule has 0 radical (unpaired) electrons. The van der Waals surface area contributed by atoms with Crippen molar-refractivity contribution in [2.45, 2.75) is 45.7 Å². The Morgan fingerprint density at radius 2 is 1.86 bits per heavy atom. The van der Waals surface area contributed by atoms with Gasteiger partial charge in [0.15, 0.2) is 0 Å². The van der Waals surface area contributed by atoms with E-state index in [9.17, 15) is 0 Å². The van der Waals surface area contributed by atoms with Crippen LogP contribution >= 0.6 is 34.8 Å². The van der Waals surface area contributed by atoms with E-state index >= 15 is 0 Å². The molecule has 0 aromatic heterocycles. The molecule has 118 valence electrons. The van der Waals surface area contributed by atoms with E-state index < -0.39 is 0 Å². The van der Waals surface area contributed by atoms with Crippen molar-refractivity contribution in [3.8, 4) is 0 Å². The lowest BCUT2D eigenvalue weighted by Crippen LogP contribution is -2.58. The number of piperazine rings is 1. The van der Waals surface area contributed by atoms with Crippen molar-refractivity contribution in [3.05, 3.63) is 27.2 Å². The molecule has 1 heterocycles. The van der Waals surface area contributed by atoms with Gasteiger partial charge in [0.05, 0.1) is 20.8 Å². The molecule has 1 aliphatic heterocycles. The van der Waals surface area contributed by atoms with Crippen LogP contribution in [0.5, 0.6) is 0 Å². The third-order valence-electron chi connectivity index (χ3n) is 4.14. The van der Waals surface area contributed by atoms with Crippen LogP contribution in [0.1, 0.15) is 33.6 Å². The fraction of sp³-hybridized carbons (Fsp3) is 0.625. The van der Waals surface area contributed by atoms with Crippen LogP contribution in [-0.2, 0) is 0 Å². The molecule has 5 heteroatoms. The second-order valence-corrected chi connectivity index (χ2v) is 7.30. The van der Waals surface area contributed by atoms with Gasteiger partial charge in [-0.05, 0) is 24.5 Å². The molecule has 1 saturated heterocycles. The molecule has 1 aromatic rings. The van der Waals surface area contributed by atoms with Crippen molar-refractivity contribution in [2.75, 3.05) is 18.0 Å². The lowest BCUT2D eigenvalue weighted by atomic mass is 9.96. The topological polar surface area (TPSA) is 15.3 Å². The van der Waals surface area contributed by atoms with Crippen molar-refractivity contribution < 1.29 is 0 Å². The quantitative estimate of drug-likeness (QED) is 0.747.